The van der Waals surface area contributed by atoms with Crippen LogP contribution in [0.3, 0.4) is 0 Å². The smallest absolute Gasteiger partial charge is 0.317 e. The van der Waals surface area contributed by atoms with Gasteiger partial charge in [0.1, 0.15) is 11.7 Å². The molecule has 2 aliphatic rings. The molecular weight excluding hydrogens is 484 g/mol. The molecule has 1 aromatic heterocycles. The van der Waals surface area contributed by atoms with Gasteiger partial charge in [0, 0.05) is 61.7 Å². The second-order valence-corrected chi connectivity index (χ2v) is 9.34. The average Bonchev–Trinajstić information content (AvgIpc) is 3.42. The van der Waals surface area contributed by atoms with Gasteiger partial charge in [0.15, 0.2) is 0 Å². The van der Waals surface area contributed by atoms with Crippen LogP contribution in [0.5, 0.6) is 0 Å². The monoisotopic (exact) mass is 520 g/mol. The number of nitrogens with one attached hydrogen (secondary N) is 1. The van der Waals surface area contributed by atoms with Crippen molar-refractivity contribution in [2.24, 2.45) is 16.5 Å². The van der Waals surface area contributed by atoms with E-state index in [1.165, 1.54) is 5.06 Å². The Morgan fingerprint density at radius 2 is 1.92 bits per heavy atom. The molecule has 0 atom stereocenters. The summed E-state index contributed by atoms with van der Waals surface area (Å²) in [6.07, 6.45) is 9.23. The summed E-state index contributed by atoms with van der Waals surface area (Å²) < 4.78 is 0. The topological polar surface area (TPSA) is 152 Å². The van der Waals surface area contributed by atoms with E-state index < -0.39 is 0 Å². The fraction of sp³-hybridized carbons (Fsp3) is 0.444. The van der Waals surface area contributed by atoms with Gasteiger partial charge in [-0.3, -0.25) is 9.63 Å². The standard InChI is InChI=1S/C27H36N8O3/c1-2-3-11-35(38-12-8-30-27(37)34-9-4-5-10-34)26(36)21-13-20-7-6-19(14-23(20)33-24(29)15-21)22-17-31-25(16-28)32-18-22/h6-7,13-14,17-18H,2-5,8-12,15-16,28H2,1H3,(H2,29,33)(H,30,37). The molecule has 0 bridgehead atoms. The van der Waals surface area contributed by atoms with E-state index in [9.17, 15) is 9.59 Å². The number of carbonyl (C=O) groups excluding carboxylic acids is 2. The molecular formula is C27H36N8O3. The first-order valence-electron chi connectivity index (χ1n) is 13.1. The predicted octanol–water partition coefficient (Wildman–Crippen LogP) is 2.74. The van der Waals surface area contributed by atoms with Crippen molar-refractivity contribution in [1.82, 2.24) is 25.2 Å². The Labute approximate surface area is 222 Å². The second kappa shape index (κ2) is 13.1. The summed E-state index contributed by atoms with van der Waals surface area (Å²) in [5.74, 6) is 0.648. The number of hydrogen-bond acceptors (Lipinski definition) is 8. The van der Waals surface area contributed by atoms with Crippen molar-refractivity contribution in [2.45, 2.75) is 45.6 Å². The Morgan fingerprint density at radius 1 is 1.16 bits per heavy atom. The van der Waals surface area contributed by atoms with E-state index in [-0.39, 0.29) is 31.5 Å². The number of carbonyl (C=O) groups is 2. The van der Waals surface area contributed by atoms with Crippen LogP contribution in [0, 0.1) is 0 Å². The molecule has 0 unspecified atom stereocenters. The number of nitrogens with zero attached hydrogens (tertiary/aromatic N) is 5. The highest BCUT2D eigenvalue weighted by molar-refractivity contribution is 6.05. The van der Waals surface area contributed by atoms with Gasteiger partial charge in [-0.15, -0.1) is 0 Å². The van der Waals surface area contributed by atoms with Crippen molar-refractivity contribution in [2.75, 3.05) is 32.8 Å². The zero-order valence-corrected chi connectivity index (χ0v) is 21.9. The van der Waals surface area contributed by atoms with Crippen LogP contribution < -0.4 is 16.8 Å². The van der Waals surface area contributed by atoms with E-state index in [0.717, 1.165) is 55.5 Å². The van der Waals surface area contributed by atoms with E-state index in [1.807, 2.05) is 24.3 Å². The second-order valence-electron chi connectivity index (χ2n) is 9.34. The number of amidine groups is 1. The third-order valence-electron chi connectivity index (χ3n) is 6.45. The van der Waals surface area contributed by atoms with Crippen LogP contribution >= 0.6 is 0 Å². The number of likely N-dealkylation sites (tertiary alicyclic amines) is 1. The van der Waals surface area contributed by atoms with Gasteiger partial charge in [-0.1, -0.05) is 25.5 Å². The summed E-state index contributed by atoms with van der Waals surface area (Å²) in [7, 11) is 0. The van der Waals surface area contributed by atoms with Crippen LogP contribution in [0.15, 0.2) is 41.2 Å². The number of fused-ring (bicyclic) bond motifs is 1. The van der Waals surface area contributed by atoms with Gasteiger partial charge in [0.25, 0.3) is 5.91 Å². The molecule has 2 aliphatic heterocycles. The number of benzene rings is 1. The van der Waals surface area contributed by atoms with Crippen LogP contribution in [0.2, 0.25) is 0 Å². The molecule has 1 saturated heterocycles. The van der Waals surface area contributed by atoms with Gasteiger partial charge in [-0.25, -0.2) is 24.8 Å². The van der Waals surface area contributed by atoms with Crippen molar-refractivity contribution >= 4 is 29.5 Å². The van der Waals surface area contributed by atoms with Gasteiger partial charge in [0.05, 0.1) is 18.8 Å². The maximum Gasteiger partial charge on any atom is 0.317 e. The molecule has 0 radical (unpaired) electrons. The SMILES string of the molecule is CCCCN(OCCNC(=O)N1CCCC1)C(=O)C1=Cc2ccc(-c3cnc(CN)nc3)cc2N=C(N)C1. The van der Waals surface area contributed by atoms with E-state index >= 15 is 0 Å². The summed E-state index contributed by atoms with van der Waals surface area (Å²) in [5, 5.41) is 4.24. The highest BCUT2D eigenvalue weighted by Gasteiger charge is 2.23. The first-order valence-corrected chi connectivity index (χ1v) is 13.1. The van der Waals surface area contributed by atoms with Crippen LogP contribution in [-0.2, 0) is 16.2 Å². The number of aliphatic imine (C=N–C) groups is 1. The minimum absolute atomic E-state index is 0.0918. The summed E-state index contributed by atoms with van der Waals surface area (Å²) in [4.78, 5) is 46.4. The molecule has 0 saturated carbocycles. The van der Waals surface area contributed by atoms with Crippen LogP contribution in [-0.4, -0.2) is 70.5 Å². The highest BCUT2D eigenvalue weighted by atomic mass is 16.7. The van der Waals surface area contributed by atoms with Crippen LogP contribution in [0.1, 0.15) is 50.4 Å². The number of unbranched alkanes of at least 4 members (excludes halogenated alkanes) is 1. The first kappa shape index (κ1) is 27.2. The number of amides is 3. The lowest BCUT2D eigenvalue weighted by Crippen LogP contribution is -2.41. The quantitative estimate of drug-likeness (QED) is 0.322. The molecule has 1 fully saturated rings. The maximum atomic E-state index is 13.5. The van der Waals surface area contributed by atoms with Crippen LogP contribution in [0.25, 0.3) is 17.2 Å². The van der Waals surface area contributed by atoms with Crippen molar-refractivity contribution in [3.8, 4) is 11.1 Å². The zero-order valence-electron chi connectivity index (χ0n) is 21.9. The largest absolute Gasteiger partial charge is 0.387 e. The summed E-state index contributed by atoms with van der Waals surface area (Å²) >= 11 is 0. The Morgan fingerprint density at radius 3 is 2.63 bits per heavy atom. The third-order valence-corrected chi connectivity index (χ3v) is 6.45. The van der Waals surface area contributed by atoms with E-state index in [1.54, 1.807) is 17.3 Å². The number of rotatable bonds is 10. The summed E-state index contributed by atoms with van der Waals surface area (Å²) in [6.45, 7) is 4.83. The summed E-state index contributed by atoms with van der Waals surface area (Å²) in [5.41, 5.74) is 15.5. The van der Waals surface area contributed by atoms with Gasteiger partial charge < -0.3 is 21.7 Å². The van der Waals surface area contributed by atoms with Crippen molar-refractivity contribution in [3.05, 3.63) is 47.6 Å². The van der Waals surface area contributed by atoms with Crippen molar-refractivity contribution in [3.63, 3.8) is 0 Å². The number of urea groups is 1. The molecule has 3 amide bonds. The van der Waals surface area contributed by atoms with Crippen LogP contribution in [0.4, 0.5) is 10.5 Å². The van der Waals surface area contributed by atoms with Gasteiger partial charge in [-0.05, 0) is 37.0 Å². The molecule has 5 N–H and O–H groups in total. The normalized spacial score (nSPS) is 14.8. The molecule has 0 aliphatic carbocycles. The maximum absolute atomic E-state index is 13.5. The molecule has 11 nitrogen and oxygen atoms in total. The number of nitrogens with two attached hydrogens (primary N) is 2. The Balaban J connectivity index is 1.46. The lowest BCUT2D eigenvalue weighted by atomic mass is 10.0. The molecule has 2 aromatic rings. The molecule has 11 heteroatoms. The van der Waals surface area contributed by atoms with Gasteiger partial charge in [0.2, 0.25) is 0 Å². The fourth-order valence-electron chi connectivity index (χ4n) is 4.35. The fourth-order valence-corrected chi connectivity index (χ4v) is 4.35. The molecule has 0 spiro atoms. The Bertz CT molecular complexity index is 1190. The average molecular weight is 521 g/mol. The van der Waals surface area contributed by atoms with Crippen molar-refractivity contribution in [1.29, 1.82) is 0 Å². The third kappa shape index (κ3) is 6.93. The molecule has 202 valence electrons. The Hall–Kier alpha value is -3.83. The molecule has 3 heterocycles. The lowest BCUT2D eigenvalue weighted by Gasteiger charge is -2.23. The molecule has 1 aromatic carbocycles. The predicted molar refractivity (Wildman–Crippen MR) is 146 cm³/mol. The van der Waals surface area contributed by atoms with Gasteiger partial charge in [-0.2, -0.15) is 0 Å². The Kier molecular flexibility index (Phi) is 9.39. The van der Waals surface area contributed by atoms with Crippen molar-refractivity contribution < 1.29 is 14.4 Å². The van der Waals surface area contributed by atoms with E-state index in [0.29, 0.717) is 36.0 Å². The van der Waals surface area contributed by atoms with E-state index in [2.05, 4.69) is 27.2 Å². The number of aromatic nitrogens is 2. The highest BCUT2D eigenvalue weighted by Crippen LogP contribution is 2.31. The molecule has 4 rings (SSSR count). The van der Waals surface area contributed by atoms with Gasteiger partial charge >= 0.3 is 6.03 Å². The minimum atomic E-state index is -0.259. The molecule has 38 heavy (non-hydrogen) atoms. The minimum Gasteiger partial charge on any atom is -0.387 e. The summed E-state index contributed by atoms with van der Waals surface area (Å²) in [6, 6.07) is 5.65. The number of hydrogen-bond donors (Lipinski definition) is 3. The lowest BCUT2D eigenvalue weighted by molar-refractivity contribution is -0.181. The number of hydroxylamine groups is 2. The van der Waals surface area contributed by atoms with E-state index in [4.69, 9.17) is 16.3 Å². The first-order chi connectivity index (χ1) is 18.5. The zero-order chi connectivity index (χ0) is 26.9.